The van der Waals surface area contributed by atoms with Gasteiger partial charge in [-0.1, -0.05) is 0 Å². The molecular weight excluding hydrogens is 250 g/mol. The van der Waals surface area contributed by atoms with Gasteiger partial charge < -0.3 is 10.1 Å². The van der Waals surface area contributed by atoms with Gasteiger partial charge in [-0.2, -0.15) is 0 Å². The smallest absolute Gasteiger partial charge is 0.157 e. The lowest BCUT2D eigenvalue weighted by molar-refractivity contribution is 0.0320. The standard InChI is InChI=1S/C13H27NO3S/c1-13(2,3)18(15,16)10-9-17-12-7-5-11(14-4)6-8-12/h11-12,14H,5-10H2,1-4H3. The van der Waals surface area contributed by atoms with Gasteiger partial charge in [0.2, 0.25) is 0 Å². The first kappa shape index (κ1) is 15.9. The fourth-order valence-electron chi connectivity index (χ4n) is 2.15. The minimum Gasteiger partial charge on any atom is -0.377 e. The Bertz CT molecular complexity index is 338. The fraction of sp³-hybridized carbons (Fsp3) is 1.00. The maximum atomic E-state index is 11.9. The topological polar surface area (TPSA) is 55.4 Å². The van der Waals surface area contributed by atoms with Gasteiger partial charge in [0, 0.05) is 6.04 Å². The van der Waals surface area contributed by atoms with Crippen LogP contribution < -0.4 is 5.32 Å². The first-order valence-corrected chi connectivity index (χ1v) is 8.42. The molecule has 0 aromatic carbocycles. The van der Waals surface area contributed by atoms with Crippen molar-refractivity contribution in [2.24, 2.45) is 0 Å². The van der Waals surface area contributed by atoms with Gasteiger partial charge in [0.1, 0.15) is 0 Å². The molecule has 0 bridgehead atoms. The lowest BCUT2D eigenvalue weighted by atomic mass is 9.93. The SMILES string of the molecule is CNC1CCC(OCCS(=O)(=O)C(C)(C)C)CC1. The zero-order valence-electron chi connectivity index (χ0n) is 12.0. The normalized spacial score (nSPS) is 26.2. The molecule has 0 aromatic heterocycles. The molecule has 0 atom stereocenters. The number of rotatable bonds is 5. The van der Waals surface area contributed by atoms with Gasteiger partial charge in [-0.3, -0.25) is 0 Å². The lowest BCUT2D eigenvalue weighted by Gasteiger charge is -2.28. The van der Waals surface area contributed by atoms with E-state index in [1.807, 2.05) is 7.05 Å². The van der Waals surface area contributed by atoms with E-state index in [0.29, 0.717) is 12.6 Å². The van der Waals surface area contributed by atoms with E-state index in [4.69, 9.17) is 4.74 Å². The van der Waals surface area contributed by atoms with Crippen molar-refractivity contribution in [3.05, 3.63) is 0 Å². The van der Waals surface area contributed by atoms with E-state index < -0.39 is 14.6 Å². The summed E-state index contributed by atoms with van der Waals surface area (Å²) < 4.78 is 28.8. The second-order valence-electron chi connectivity index (χ2n) is 6.06. The van der Waals surface area contributed by atoms with Crippen LogP contribution in [-0.4, -0.2) is 44.7 Å². The molecule has 0 spiro atoms. The number of hydrogen-bond acceptors (Lipinski definition) is 4. The largest absolute Gasteiger partial charge is 0.377 e. The minimum absolute atomic E-state index is 0.127. The molecular formula is C13H27NO3S. The molecule has 0 radical (unpaired) electrons. The first-order chi connectivity index (χ1) is 8.26. The lowest BCUT2D eigenvalue weighted by Crippen LogP contribution is -2.35. The summed E-state index contributed by atoms with van der Waals surface area (Å²) in [5.74, 6) is 0.127. The summed E-state index contributed by atoms with van der Waals surface area (Å²) in [6.07, 6.45) is 4.53. The van der Waals surface area contributed by atoms with Crippen molar-refractivity contribution in [3.63, 3.8) is 0 Å². The molecule has 1 N–H and O–H groups in total. The van der Waals surface area contributed by atoms with Gasteiger partial charge in [-0.25, -0.2) is 8.42 Å². The van der Waals surface area contributed by atoms with E-state index in [9.17, 15) is 8.42 Å². The third-order valence-corrected chi connectivity index (χ3v) is 6.29. The Labute approximate surface area is 111 Å². The van der Waals surface area contributed by atoms with E-state index in [2.05, 4.69) is 5.32 Å². The van der Waals surface area contributed by atoms with E-state index in [0.717, 1.165) is 25.7 Å². The Morgan fingerprint density at radius 1 is 1.17 bits per heavy atom. The highest BCUT2D eigenvalue weighted by Crippen LogP contribution is 2.21. The van der Waals surface area contributed by atoms with Crippen molar-refractivity contribution in [1.29, 1.82) is 0 Å². The van der Waals surface area contributed by atoms with E-state index in [-0.39, 0.29) is 11.9 Å². The summed E-state index contributed by atoms with van der Waals surface area (Å²) in [6.45, 7) is 5.54. The van der Waals surface area contributed by atoms with Crippen LogP contribution in [0.25, 0.3) is 0 Å². The molecule has 0 saturated heterocycles. The molecule has 108 valence electrons. The Morgan fingerprint density at radius 2 is 1.72 bits per heavy atom. The maximum absolute atomic E-state index is 11.9. The van der Waals surface area contributed by atoms with Crippen molar-refractivity contribution in [2.75, 3.05) is 19.4 Å². The molecule has 0 aromatic rings. The van der Waals surface area contributed by atoms with Crippen LogP contribution in [0.5, 0.6) is 0 Å². The number of hydrogen-bond donors (Lipinski definition) is 1. The van der Waals surface area contributed by atoms with E-state index in [1.54, 1.807) is 20.8 Å². The zero-order valence-corrected chi connectivity index (χ0v) is 12.8. The number of nitrogens with one attached hydrogen (secondary N) is 1. The molecule has 0 aliphatic heterocycles. The van der Waals surface area contributed by atoms with Gasteiger partial charge in [-0.05, 0) is 53.5 Å². The van der Waals surface area contributed by atoms with Crippen LogP contribution in [0, 0.1) is 0 Å². The highest BCUT2D eigenvalue weighted by Gasteiger charge is 2.29. The van der Waals surface area contributed by atoms with Crippen LogP contribution in [0.4, 0.5) is 0 Å². The summed E-state index contributed by atoms with van der Waals surface area (Å²) in [5.41, 5.74) is 0. The van der Waals surface area contributed by atoms with Crippen molar-refractivity contribution >= 4 is 9.84 Å². The van der Waals surface area contributed by atoms with Crippen LogP contribution in [0.2, 0.25) is 0 Å². The Kier molecular flexibility index (Phi) is 5.62. The predicted molar refractivity (Wildman–Crippen MR) is 74.6 cm³/mol. The van der Waals surface area contributed by atoms with Gasteiger partial charge in [0.25, 0.3) is 0 Å². The minimum atomic E-state index is -3.05. The third kappa shape index (κ3) is 4.52. The molecule has 18 heavy (non-hydrogen) atoms. The summed E-state index contributed by atoms with van der Waals surface area (Å²) >= 11 is 0. The van der Waals surface area contributed by atoms with Crippen LogP contribution in [0.1, 0.15) is 46.5 Å². The van der Waals surface area contributed by atoms with E-state index in [1.165, 1.54) is 0 Å². The molecule has 5 heteroatoms. The second kappa shape index (κ2) is 6.35. The average Bonchev–Trinajstić information content (AvgIpc) is 2.28. The molecule has 1 rings (SSSR count). The van der Waals surface area contributed by atoms with Crippen molar-refractivity contribution in [2.45, 2.75) is 63.3 Å². The molecule has 1 aliphatic rings. The number of sulfone groups is 1. The zero-order chi connectivity index (χ0) is 13.8. The van der Waals surface area contributed by atoms with Gasteiger partial charge in [0.15, 0.2) is 9.84 Å². The molecule has 0 heterocycles. The molecule has 1 aliphatic carbocycles. The van der Waals surface area contributed by atoms with Crippen molar-refractivity contribution in [3.8, 4) is 0 Å². The van der Waals surface area contributed by atoms with E-state index >= 15 is 0 Å². The summed E-state index contributed by atoms with van der Waals surface area (Å²) in [4.78, 5) is 0. The van der Waals surface area contributed by atoms with Gasteiger partial charge >= 0.3 is 0 Å². The quantitative estimate of drug-likeness (QED) is 0.832. The summed E-state index contributed by atoms with van der Waals surface area (Å²) in [6, 6.07) is 0.600. The molecule has 0 unspecified atom stereocenters. The third-order valence-electron chi connectivity index (χ3n) is 3.72. The Balaban J connectivity index is 2.27. The first-order valence-electron chi connectivity index (χ1n) is 6.77. The summed E-state index contributed by atoms with van der Waals surface area (Å²) in [5, 5.41) is 3.27. The van der Waals surface area contributed by atoms with Crippen molar-refractivity contribution in [1.82, 2.24) is 5.32 Å². The van der Waals surface area contributed by atoms with Gasteiger partial charge in [0.05, 0.1) is 23.2 Å². The van der Waals surface area contributed by atoms with Gasteiger partial charge in [-0.15, -0.1) is 0 Å². The molecule has 1 fully saturated rings. The van der Waals surface area contributed by atoms with Crippen LogP contribution >= 0.6 is 0 Å². The Morgan fingerprint density at radius 3 is 2.17 bits per heavy atom. The van der Waals surface area contributed by atoms with Crippen LogP contribution in [0.15, 0.2) is 0 Å². The maximum Gasteiger partial charge on any atom is 0.157 e. The van der Waals surface area contributed by atoms with Crippen LogP contribution in [-0.2, 0) is 14.6 Å². The highest BCUT2D eigenvalue weighted by molar-refractivity contribution is 7.92. The monoisotopic (exact) mass is 277 g/mol. The predicted octanol–water partition coefficient (Wildman–Crippen LogP) is 1.75. The fourth-order valence-corrected chi connectivity index (χ4v) is 3.08. The molecule has 4 nitrogen and oxygen atoms in total. The average molecular weight is 277 g/mol. The molecule has 1 saturated carbocycles. The molecule has 0 amide bonds. The second-order valence-corrected chi connectivity index (χ2v) is 8.93. The number of ether oxygens (including phenoxy) is 1. The highest BCUT2D eigenvalue weighted by atomic mass is 32.2. The summed E-state index contributed by atoms with van der Waals surface area (Å²) in [7, 11) is -1.06. The Hall–Kier alpha value is -0.130. The van der Waals surface area contributed by atoms with Crippen molar-refractivity contribution < 1.29 is 13.2 Å². The van der Waals surface area contributed by atoms with Crippen LogP contribution in [0.3, 0.4) is 0 Å².